The van der Waals surface area contributed by atoms with Gasteiger partial charge in [0.05, 0.1) is 5.56 Å². The molecule has 0 aliphatic carbocycles. The van der Waals surface area contributed by atoms with E-state index in [1.165, 1.54) is 6.42 Å². The lowest BCUT2D eigenvalue weighted by Gasteiger charge is -2.07. The van der Waals surface area contributed by atoms with E-state index in [0.717, 1.165) is 25.0 Å². The third-order valence-electron chi connectivity index (χ3n) is 2.77. The third kappa shape index (κ3) is 3.63. The molecular formula is C14H17NO2. The zero-order chi connectivity index (χ0) is 11.9. The summed E-state index contributed by atoms with van der Waals surface area (Å²) in [5, 5.41) is 3.21. The second-order valence-corrected chi connectivity index (χ2v) is 4.16. The molecule has 0 atom stereocenters. The maximum absolute atomic E-state index is 11.7. The predicted molar refractivity (Wildman–Crippen MR) is 66.7 cm³/mol. The molecule has 1 heterocycles. The first kappa shape index (κ1) is 11.7. The smallest absolute Gasteiger partial charge is 0.338 e. The Morgan fingerprint density at radius 2 is 2.06 bits per heavy atom. The SMILES string of the molecule is O=C(OCC1=CNCCCC1)c1ccccc1. The third-order valence-corrected chi connectivity index (χ3v) is 2.77. The quantitative estimate of drug-likeness (QED) is 0.812. The number of hydrogen-bond acceptors (Lipinski definition) is 3. The van der Waals surface area contributed by atoms with Crippen LogP contribution in [0.4, 0.5) is 0 Å². The molecule has 1 aromatic rings. The Labute approximate surface area is 101 Å². The molecule has 1 N–H and O–H groups in total. The molecule has 0 saturated heterocycles. The van der Waals surface area contributed by atoms with Gasteiger partial charge in [-0.3, -0.25) is 0 Å². The molecule has 2 rings (SSSR count). The molecule has 0 spiro atoms. The monoisotopic (exact) mass is 231 g/mol. The molecule has 1 aliphatic heterocycles. The van der Waals surface area contributed by atoms with Crippen LogP contribution in [0, 0.1) is 0 Å². The van der Waals surface area contributed by atoms with E-state index in [0.29, 0.717) is 12.2 Å². The number of ether oxygens (including phenoxy) is 1. The van der Waals surface area contributed by atoms with Crippen LogP contribution in [0.1, 0.15) is 29.6 Å². The molecule has 0 unspecified atom stereocenters. The van der Waals surface area contributed by atoms with Crippen molar-refractivity contribution in [2.45, 2.75) is 19.3 Å². The summed E-state index contributed by atoms with van der Waals surface area (Å²) in [5.41, 5.74) is 1.77. The summed E-state index contributed by atoms with van der Waals surface area (Å²) in [6, 6.07) is 9.09. The van der Waals surface area contributed by atoms with Gasteiger partial charge in [-0.25, -0.2) is 4.79 Å². The van der Waals surface area contributed by atoms with Gasteiger partial charge in [-0.05, 0) is 43.2 Å². The van der Waals surface area contributed by atoms with Crippen LogP contribution < -0.4 is 5.32 Å². The molecule has 17 heavy (non-hydrogen) atoms. The number of nitrogens with one attached hydrogen (secondary N) is 1. The summed E-state index contributed by atoms with van der Waals surface area (Å²) < 4.78 is 5.28. The summed E-state index contributed by atoms with van der Waals surface area (Å²) in [4.78, 5) is 11.7. The fourth-order valence-corrected chi connectivity index (χ4v) is 1.80. The highest BCUT2D eigenvalue weighted by atomic mass is 16.5. The first-order valence-corrected chi connectivity index (χ1v) is 6.00. The van der Waals surface area contributed by atoms with Gasteiger partial charge in [0.1, 0.15) is 6.61 Å². The molecule has 3 heteroatoms. The van der Waals surface area contributed by atoms with E-state index in [1.54, 1.807) is 12.1 Å². The van der Waals surface area contributed by atoms with Gasteiger partial charge < -0.3 is 10.1 Å². The van der Waals surface area contributed by atoms with E-state index in [-0.39, 0.29) is 5.97 Å². The van der Waals surface area contributed by atoms with Gasteiger partial charge in [0.15, 0.2) is 0 Å². The van der Waals surface area contributed by atoms with Crippen LogP contribution in [0.25, 0.3) is 0 Å². The predicted octanol–water partition coefficient (Wildman–Crippen LogP) is 2.50. The Morgan fingerprint density at radius 1 is 1.24 bits per heavy atom. The molecule has 90 valence electrons. The Morgan fingerprint density at radius 3 is 2.88 bits per heavy atom. The normalized spacial score (nSPS) is 15.4. The number of hydrogen-bond donors (Lipinski definition) is 1. The minimum Gasteiger partial charge on any atom is -0.458 e. The van der Waals surface area contributed by atoms with Crippen LogP contribution in [-0.2, 0) is 4.74 Å². The van der Waals surface area contributed by atoms with Crippen molar-refractivity contribution in [2.75, 3.05) is 13.2 Å². The van der Waals surface area contributed by atoms with E-state index in [1.807, 2.05) is 24.4 Å². The van der Waals surface area contributed by atoms with Gasteiger partial charge in [0, 0.05) is 6.54 Å². The molecule has 0 radical (unpaired) electrons. The molecule has 0 amide bonds. The Kier molecular flexibility index (Phi) is 4.19. The van der Waals surface area contributed by atoms with Crippen molar-refractivity contribution in [1.82, 2.24) is 5.32 Å². The molecule has 1 aromatic carbocycles. The van der Waals surface area contributed by atoms with Gasteiger partial charge >= 0.3 is 5.97 Å². The number of carbonyl (C=O) groups is 1. The fraction of sp³-hybridized carbons (Fsp3) is 0.357. The summed E-state index contributed by atoms with van der Waals surface area (Å²) in [7, 11) is 0. The highest BCUT2D eigenvalue weighted by Gasteiger charge is 2.08. The topological polar surface area (TPSA) is 38.3 Å². The maximum atomic E-state index is 11.7. The summed E-state index contributed by atoms with van der Waals surface area (Å²) >= 11 is 0. The number of benzene rings is 1. The average Bonchev–Trinajstić information content (AvgIpc) is 2.65. The zero-order valence-electron chi connectivity index (χ0n) is 9.82. The summed E-state index contributed by atoms with van der Waals surface area (Å²) in [5.74, 6) is -0.254. The molecular weight excluding hydrogens is 214 g/mol. The molecule has 0 saturated carbocycles. The zero-order valence-corrected chi connectivity index (χ0v) is 9.82. The lowest BCUT2D eigenvalue weighted by Crippen LogP contribution is -2.10. The van der Waals surface area contributed by atoms with Gasteiger partial charge in [-0.2, -0.15) is 0 Å². The number of rotatable bonds is 3. The minimum atomic E-state index is -0.254. The fourth-order valence-electron chi connectivity index (χ4n) is 1.80. The highest BCUT2D eigenvalue weighted by molar-refractivity contribution is 5.89. The van der Waals surface area contributed by atoms with E-state index < -0.39 is 0 Å². The van der Waals surface area contributed by atoms with Crippen LogP contribution >= 0.6 is 0 Å². The van der Waals surface area contributed by atoms with Crippen LogP contribution in [-0.4, -0.2) is 19.1 Å². The second-order valence-electron chi connectivity index (χ2n) is 4.16. The molecule has 0 bridgehead atoms. The Hall–Kier alpha value is -1.77. The van der Waals surface area contributed by atoms with Crippen molar-refractivity contribution in [3.05, 3.63) is 47.7 Å². The van der Waals surface area contributed by atoms with Gasteiger partial charge in [0.2, 0.25) is 0 Å². The first-order valence-electron chi connectivity index (χ1n) is 6.00. The summed E-state index contributed by atoms with van der Waals surface area (Å²) in [6.07, 6.45) is 5.31. The lowest BCUT2D eigenvalue weighted by atomic mass is 10.1. The van der Waals surface area contributed by atoms with Gasteiger partial charge in [0.25, 0.3) is 0 Å². The second kappa shape index (κ2) is 6.09. The van der Waals surface area contributed by atoms with Crippen molar-refractivity contribution in [1.29, 1.82) is 0 Å². The number of carbonyl (C=O) groups excluding carboxylic acids is 1. The highest BCUT2D eigenvalue weighted by Crippen LogP contribution is 2.11. The van der Waals surface area contributed by atoms with Crippen molar-refractivity contribution in [2.24, 2.45) is 0 Å². The van der Waals surface area contributed by atoms with Crippen molar-refractivity contribution < 1.29 is 9.53 Å². The first-order chi connectivity index (χ1) is 8.36. The Balaban J connectivity index is 1.85. The van der Waals surface area contributed by atoms with Gasteiger partial charge in [-0.15, -0.1) is 0 Å². The van der Waals surface area contributed by atoms with Crippen LogP contribution in [0.15, 0.2) is 42.1 Å². The van der Waals surface area contributed by atoms with Crippen molar-refractivity contribution in [3.8, 4) is 0 Å². The van der Waals surface area contributed by atoms with E-state index >= 15 is 0 Å². The molecule has 0 aromatic heterocycles. The molecule has 3 nitrogen and oxygen atoms in total. The standard InChI is InChI=1S/C14H17NO2/c16-14(13-7-2-1-3-8-13)17-11-12-6-4-5-9-15-10-12/h1-3,7-8,10,15H,4-6,9,11H2. The minimum absolute atomic E-state index is 0.254. The molecule has 0 fully saturated rings. The van der Waals surface area contributed by atoms with Crippen molar-refractivity contribution in [3.63, 3.8) is 0 Å². The largest absolute Gasteiger partial charge is 0.458 e. The van der Waals surface area contributed by atoms with Crippen LogP contribution in [0.2, 0.25) is 0 Å². The lowest BCUT2D eigenvalue weighted by molar-refractivity contribution is 0.0537. The van der Waals surface area contributed by atoms with E-state index in [2.05, 4.69) is 5.32 Å². The Bertz CT molecular complexity index is 398. The van der Waals surface area contributed by atoms with Crippen molar-refractivity contribution >= 4 is 5.97 Å². The van der Waals surface area contributed by atoms with Crippen LogP contribution in [0.5, 0.6) is 0 Å². The van der Waals surface area contributed by atoms with Gasteiger partial charge in [-0.1, -0.05) is 18.2 Å². The van der Waals surface area contributed by atoms with E-state index in [4.69, 9.17) is 4.74 Å². The maximum Gasteiger partial charge on any atom is 0.338 e. The molecule has 1 aliphatic rings. The van der Waals surface area contributed by atoms with E-state index in [9.17, 15) is 4.79 Å². The summed E-state index contributed by atoms with van der Waals surface area (Å²) in [6.45, 7) is 1.40. The average molecular weight is 231 g/mol. The number of esters is 1. The van der Waals surface area contributed by atoms with Crippen LogP contribution in [0.3, 0.4) is 0 Å².